The van der Waals surface area contributed by atoms with E-state index in [0.29, 0.717) is 11.4 Å². The second-order valence-electron chi connectivity index (χ2n) is 8.28. The summed E-state index contributed by atoms with van der Waals surface area (Å²) in [6.07, 6.45) is 0. The van der Waals surface area contributed by atoms with Crippen molar-refractivity contribution in [1.29, 1.82) is 0 Å². The molecule has 41 heavy (non-hydrogen) atoms. The first-order chi connectivity index (χ1) is 19.6. The highest BCUT2D eigenvalue weighted by atomic mass is 16.6. The van der Waals surface area contributed by atoms with E-state index in [9.17, 15) is 19.2 Å². The summed E-state index contributed by atoms with van der Waals surface area (Å²) < 4.78 is 25.9. The number of nitrogens with zero attached hydrogens (tertiary/aromatic N) is 2. The second kappa shape index (κ2) is 14.6. The molecule has 0 saturated heterocycles. The molecule has 3 aromatic carbocycles. The van der Waals surface area contributed by atoms with Gasteiger partial charge in [0.25, 0.3) is 0 Å². The maximum Gasteiger partial charge on any atom is 0.346 e. The summed E-state index contributed by atoms with van der Waals surface area (Å²) in [5.74, 6) is -2.05. The summed E-state index contributed by atoms with van der Waals surface area (Å²) in [5, 5.41) is 8.37. The standard InChI is InChI=1S/C28H28N4O9/c1-17(33)37-11-13-39-25-16-24(26(15-23(25)30)40-14-12-38-18(2)34)32-31-22-9-5-20(6-10-22)28(36)41-27(35)19-3-7-21(29)8-4-19/h3-10,15-16H,11-14,29-30H2,1-2H3. The Morgan fingerprint density at radius 3 is 1.71 bits per heavy atom. The Hall–Kier alpha value is -5.46. The Balaban J connectivity index is 1.72. The highest BCUT2D eigenvalue weighted by molar-refractivity contribution is 6.02. The van der Waals surface area contributed by atoms with E-state index in [-0.39, 0.29) is 60.4 Å². The number of ether oxygens (including phenoxy) is 5. The number of hydrogen-bond acceptors (Lipinski definition) is 13. The quantitative estimate of drug-likeness (QED) is 0.0802. The van der Waals surface area contributed by atoms with E-state index in [2.05, 4.69) is 10.2 Å². The number of hydrogen-bond donors (Lipinski definition) is 2. The lowest BCUT2D eigenvalue weighted by Crippen LogP contribution is -2.12. The molecule has 0 heterocycles. The number of nitrogen functional groups attached to an aromatic ring is 2. The van der Waals surface area contributed by atoms with Crippen molar-refractivity contribution in [1.82, 2.24) is 0 Å². The molecular formula is C28H28N4O9. The van der Waals surface area contributed by atoms with Gasteiger partial charge in [0, 0.05) is 31.7 Å². The third-order valence-electron chi connectivity index (χ3n) is 5.09. The van der Waals surface area contributed by atoms with Gasteiger partial charge in [0.2, 0.25) is 0 Å². The van der Waals surface area contributed by atoms with Crippen LogP contribution in [0.4, 0.5) is 22.7 Å². The first-order valence-electron chi connectivity index (χ1n) is 12.2. The van der Waals surface area contributed by atoms with Crippen LogP contribution in [0.15, 0.2) is 70.9 Å². The number of nitrogens with two attached hydrogens (primary N) is 2. The van der Waals surface area contributed by atoms with E-state index in [4.69, 9.17) is 35.2 Å². The predicted molar refractivity (Wildman–Crippen MR) is 146 cm³/mol. The topological polar surface area (TPSA) is 191 Å². The van der Waals surface area contributed by atoms with Crippen LogP contribution in [0.2, 0.25) is 0 Å². The van der Waals surface area contributed by atoms with Crippen molar-refractivity contribution in [2.75, 3.05) is 37.9 Å². The number of carbonyl (C=O) groups is 4. The van der Waals surface area contributed by atoms with Gasteiger partial charge in [-0.1, -0.05) is 0 Å². The summed E-state index contributed by atoms with van der Waals surface area (Å²) in [6, 6.07) is 14.8. The van der Waals surface area contributed by atoms with Crippen LogP contribution in [0.1, 0.15) is 34.6 Å². The molecule has 0 amide bonds. The van der Waals surface area contributed by atoms with Crippen molar-refractivity contribution in [3.8, 4) is 11.5 Å². The molecule has 13 nitrogen and oxygen atoms in total. The zero-order chi connectivity index (χ0) is 29.8. The molecule has 0 aromatic heterocycles. The summed E-state index contributed by atoms with van der Waals surface area (Å²) >= 11 is 0. The smallest absolute Gasteiger partial charge is 0.346 e. The Morgan fingerprint density at radius 2 is 1.17 bits per heavy atom. The van der Waals surface area contributed by atoms with Gasteiger partial charge in [-0.15, -0.1) is 5.11 Å². The molecule has 3 rings (SSSR count). The van der Waals surface area contributed by atoms with Crippen molar-refractivity contribution < 1.29 is 42.9 Å². The van der Waals surface area contributed by atoms with Gasteiger partial charge in [-0.25, -0.2) is 9.59 Å². The molecule has 214 valence electrons. The molecule has 0 aliphatic heterocycles. The number of esters is 4. The fourth-order valence-corrected chi connectivity index (χ4v) is 3.15. The molecule has 0 aliphatic rings. The molecule has 13 heteroatoms. The lowest BCUT2D eigenvalue weighted by Gasteiger charge is -2.13. The molecule has 4 N–H and O–H groups in total. The number of azo groups is 1. The van der Waals surface area contributed by atoms with Crippen LogP contribution < -0.4 is 20.9 Å². The lowest BCUT2D eigenvalue weighted by molar-refractivity contribution is -0.142. The first-order valence-corrected chi connectivity index (χ1v) is 12.2. The zero-order valence-corrected chi connectivity index (χ0v) is 22.3. The monoisotopic (exact) mass is 564 g/mol. The van der Waals surface area contributed by atoms with E-state index >= 15 is 0 Å². The van der Waals surface area contributed by atoms with E-state index in [1.807, 2.05) is 0 Å². The van der Waals surface area contributed by atoms with E-state index in [1.54, 1.807) is 0 Å². The van der Waals surface area contributed by atoms with Crippen LogP contribution in [0.5, 0.6) is 11.5 Å². The van der Waals surface area contributed by atoms with Crippen molar-refractivity contribution >= 4 is 46.6 Å². The molecule has 0 saturated carbocycles. The van der Waals surface area contributed by atoms with E-state index in [0.717, 1.165) is 0 Å². The Kier molecular flexibility index (Phi) is 10.7. The number of anilines is 2. The SMILES string of the molecule is CC(=O)OCCOc1cc(N=Nc2ccc(C(=O)OC(=O)c3ccc(N)cc3)cc2)c(OCCOC(C)=O)cc1N. The Morgan fingerprint density at radius 1 is 0.659 bits per heavy atom. The van der Waals surface area contributed by atoms with Crippen molar-refractivity contribution in [3.63, 3.8) is 0 Å². The van der Waals surface area contributed by atoms with Gasteiger partial charge >= 0.3 is 23.9 Å². The molecule has 0 unspecified atom stereocenters. The summed E-state index contributed by atoms with van der Waals surface area (Å²) in [7, 11) is 0. The summed E-state index contributed by atoms with van der Waals surface area (Å²) in [4.78, 5) is 46.6. The largest absolute Gasteiger partial charge is 0.488 e. The molecule has 0 atom stereocenters. The van der Waals surface area contributed by atoms with Gasteiger partial charge in [0.1, 0.15) is 43.6 Å². The molecule has 0 fully saturated rings. The van der Waals surface area contributed by atoms with Gasteiger partial charge < -0.3 is 35.2 Å². The normalized spacial score (nSPS) is 10.6. The van der Waals surface area contributed by atoms with Crippen LogP contribution in [0, 0.1) is 0 Å². The molecule has 0 aliphatic carbocycles. The molecular weight excluding hydrogens is 536 g/mol. The van der Waals surface area contributed by atoms with Gasteiger partial charge in [0.05, 0.1) is 22.5 Å². The highest BCUT2D eigenvalue weighted by Crippen LogP contribution is 2.38. The predicted octanol–water partition coefficient (Wildman–Crippen LogP) is 4.15. The minimum absolute atomic E-state index is 0.00481. The van der Waals surface area contributed by atoms with Gasteiger partial charge in [0.15, 0.2) is 0 Å². The zero-order valence-electron chi connectivity index (χ0n) is 22.3. The number of rotatable bonds is 12. The number of benzene rings is 3. The Bertz CT molecular complexity index is 1420. The fraction of sp³-hybridized carbons (Fsp3) is 0.214. The molecule has 0 bridgehead atoms. The van der Waals surface area contributed by atoms with Gasteiger partial charge in [-0.3, -0.25) is 9.59 Å². The highest BCUT2D eigenvalue weighted by Gasteiger charge is 2.15. The molecule has 0 radical (unpaired) electrons. The lowest BCUT2D eigenvalue weighted by atomic mass is 10.2. The summed E-state index contributed by atoms with van der Waals surface area (Å²) in [6.45, 7) is 2.66. The average molecular weight is 565 g/mol. The summed E-state index contributed by atoms with van der Waals surface area (Å²) in [5.41, 5.74) is 13.3. The minimum Gasteiger partial charge on any atom is -0.488 e. The first kappa shape index (κ1) is 30.1. The van der Waals surface area contributed by atoms with Gasteiger partial charge in [-0.2, -0.15) is 5.11 Å². The second-order valence-corrected chi connectivity index (χ2v) is 8.28. The van der Waals surface area contributed by atoms with Gasteiger partial charge in [-0.05, 0) is 48.5 Å². The van der Waals surface area contributed by atoms with Crippen LogP contribution >= 0.6 is 0 Å². The third-order valence-corrected chi connectivity index (χ3v) is 5.09. The molecule has 3 aromatic rings. The van der Waals surface area contributed by atoms with Crippen molar-refractivity contribution in [3.05, 3.63) is 71.8 Å². The van der Waals surface area contributed by atoms with Crippen LogP contribution in [0.25, 0.3) is 0 Å². The van der Waals surface area contributed by atoms with Crippen LogP contribution in [-0.2, 0) is 23.8 Å². The average Bonchev–Trinajstić information content (AvgIpc) is 2.94. The minimum atomic E-state index is -0.840. The maximum atomic E-state index is 12.4. The number of carbonyl (C=O) groups excluding carboxylic acids is 4. The van der Waals surface area contributed by atoms with Crippen molar-refractivity contribution in [2.45, 2.75) is 13.8 Å². The maximum absolute atomic E-state index is 12.4. The fourth-order valence-electron chi connectivity index (χ4n) is 3.15. The van der Waals surface area contributed by atoms with E-state index in [1.165, 1.54) is 74.5 Å². The van der Waals surface area contributed by atoms with Crippen molar-refractivity contribution in [2.24, 2.45) is 10.2 Å². The Labute approximate surface area is 235 Å². The van der Waals surface area contributed by atoms with Crippen LogP contribution in [0.3, 0.4) is 0 Å². The molecule has 0 spiro atoms. The van der Waals surface area contributed by atoms with Crippen LogP contribution in [-0.4, -0.2) is 50.3 Å². The van der Waals surface area contributed by atoms with E-state index < -0.39 is 23.9 Å². The third kappa shape index (κ3) is 9.66.